The molecular weight excluding hydrogens is 282 g/mol. The van der Waals surface area contributed by atoms with Crippen molar-refractivity contribution in [3.8, 4) is 0 Å². The Morgan fingerprint density at radius 2 is 1.63 bits per heavy atom. The summed E-state index contributed by atoms with van der Waals surface area (Å²) < 4.78 is 62.4. The fourth-order valence-corrected chi connectivity index (χ4v) is 3.20. The third-order valence-electron chi connectivity index (χ3n) is 2.33. The first-order chi connectivity index (χ1) is 8.87. The minimum atomic E-state index is -3.97. The first-order valence-electron chi connectivity index (χ1n) is 5.65. The molecule has 0 amide bonds. The number of hydrogen-bond acceptors (Lipinski definition) is 4. The van der Waals surface area contributed by atoms with E-state index in [1.54, 1.807) is 0 Å². The van der Waals surface area contributed by atoms with Crippen LogP contribution in [0.1, 0.15) is 25.2 Å². The van der Waals surface area contributed by atoms with Gasteiger partial charge in [0.2, 0.25) is 0 Å². The molecule has 0 unspecified atom stereocenters. The standard InChI is InChI=1S/C11H15F3NO3P/c1-3-17-19(16,18-4-2)11(15)9-7(12)5-6-8(13)10(9)14/h5-6,11H,3-4,15H2,1-2H3/t11-/m1/s1. The summed E-state index contributed by atoms with van der Waals surface area (Å²) in [6.07, 6.45) is 0. The molecule has 0 radical (unpaired) electrons. The lowest BCUT2D eigenvalue weighted by Gasteiger charge is -2.24. The predicted octanol–water partition coefficient (Wildman–Crippen LogP) is 3.33. The Labute approximate surface area is 109 Å². The smallest absolute Gasteiger partial charge is 0.314 e. The van der Waals surface area contributed by atoms with E-state index in [-0.39, 0.29) is 13.2 Å². The van der Waals surface area contributed by atoms with Crippen molar-refractivity contribution < 1.29 is 26.8 Å². The maximum atomic E-state index is 13.6. The van der Waals surface area contributed by atoms with Crippen molar-refractivity contribution in [2.45, 2.75) is 19.6 Å². The molecule has 0 bridgehead atoms. The fourth-order valence-electron chi connectivity index (χ4n) is 1.53. The summed E-state index contributed by atoms with van der Waals surface area (Å²) in [6, 6.07) is 1.32. The molecule has 0 saturated carbocycles. The molecule has 8 heteroatoms. The van der Waals surface area contributed by atoms with E-state index >= 15 is 0 Å². The van der Waals surface area contributed by atoms with Crippen molar-refractivity contribution in [2.24, 2.45) is 5.73 Å². The van der Waals surface area contributed by atoms with Crippen LogP contribution in [0.5, 0.6) is 0 Å². The summed E-state index contributed by atoms with van der Waals surface area (Å²) in [6.45, 7) is 3.00. The van der Waals surface area contributed by atoms with Crippen molar-refractivity contribution in [3.05, 3.63) is 35.1 Å². The molecule has 0 spiro atoms. The van der Waals surface area contributed by atoms with Crippen molar-refractivity contribution in [2.75, 3.05) is 13.2 Å². The Hall–Kier alpha value is -0.880. The van der Waals surface area contributed by atoms with Crippen molar-refractivity contribution in [1.29, 1.82) is 0 Å². The van der Waals surface area contributed by atoms with Crippen LogP contribution in [-0.2, 0) is 13.6 Å². The molecule has 1 atom stereocenters. The lowest BCUT2D eigenvalue weighted by molar-refractivity contribution is 0.211. The highest BCUT2D eigenvalue weighted by Crippen LogP contribution is 2.58. The Morgan fingerprint density at radius 1 is 1.16 bits per heavy atom. The summed E-state index contributed by atoms with van der Waals surface area (Å²) in [5.74, 6) is -5.62. The van der Waals surface area contributed by atoms with Gasteiger partial charge in [0.15, 0.2) is 11.6 Å². The van der Waals surface area contributed by atoms with Gasteiger partial charge < -0.3 is 14.8 Å². The Bertz CT molecular complexity index is 488. The molecule has 19 heavy (non-hydrogen) atoms. The number of benzene rings is 1. The minimum Gasteiger partial charge on any atom is -0.314 e. The molecule has 0 aromatic heterocycles. The normalized spacial score (nSPS) is 13.6. The van der Waals surface area contributed by atoms with Gasteiger partial charge in [0, 0.05) is 0 Å². The van der Waals surface area contributed by atoms with E-state index in [0.29, 0.717) is 12.1 Å². The van der Waals surface area contributed by atoms with E-state index in [2.05, 4.69) is 0 Å². The first kappa shape index (κ1) is 16.2. The Kier molecular flexibility index (Phi) is 5.55. The molecule has 1 aromatic carbocycles. The lowest BCUT2D eigenvalue weighted by Crippen LogP contribution is -2.18. The zero-order valence-electron chi connectivity index (χ0n) is 10.5. The van der Waals surface area contributed by atoms with E-state index in [4.69, 9.17) is 14.8 Å². The van der Waals surface area contributed by atoms with Crippen LogP contribution in [0.4, 0.5) is 13.2 Å². The van der Waals surface area contributed by atoms with Gasteiger partial charge in [-0.05, 0) is 26.0 Å². The Balaban J connectivity index is 3.28. The van der Waals surface area contributed by atoms with E-state index in [0.717, 1.165) is 0 Å². The van der Waals surface area contributed by atoms with Crippen LogP contribution in [0.25, 0.3) is 0 Å². The fraction of sp³-hybridized carbons (Fsp3) is 0.455. The monoisotopic (exact) mass is 297 g/mol. The molecule has 108 valence electrons. The topological polar surface area (TPSA) is 61.5 Å². The largest absolute Gasteiger partial charge is 0.351 e. The highest BCUT2D eigenvalue weighted by molar-refractivity contribution is 7.54. The molecule has 0 fully saturated rings. The average molecular weight is 297 g/mol. The van der Waals surface area contributed by atoms with Gasteiger partial charge >= 0.3 is 7.60 Å². The maximum Gasteiger partial charge on any atom is 0.351 e. The van der Waals surface area contributed by atoms with Crippen LogP contribution in [0, 0.1) is 17.5 Å². The summed E-state index contributed by atoms with van der Waals surface area (Å²) >= 11 is 0. The summed E-state index contributed by atoms with van der Waals surface area (Å²) in [4.78, 5) is 0. The van der Waals surface area contributed by atoms with Crippen LogP contribution in [0.3, 0.4) is 0 Å². The first-order valence-corrected chi connectivity index (χ1v) is 7.26. The van der Waals surface area contributed by atoms with Gasteiger partial charge in [-0.3, -0.25) is 4.57 Å². The zero-order chi connectivity index (χ0) is 14.6. The number of halogens is 3. The molecule has 0 aliphatic rings. The van der Waals surface area contributed by atoms with Crippen molar-refractivity contribution in [1.82, 2.24) is 0 Å². The maximum absolute atomic E-state index is 13.6. The summed E-state index contributed by atoms with van der Waals surface area (Å²) in [7, 11) is -3.97. The van der Waals surface area contributed by atoms with E-state index in [1.165, 1.54) is 13.8 Å². The van der Waals surface area contributed by atoms with Gasteiger partial charge in [0.05, 0.1) is 18.8 Å². The van der Waals surface area contributed by atoms with Crippen LogP contribution in [-0.4, -0.2) is 13.2 Å². The molecule has 0 saturated heterocycles. The van der Waals surface area contributed by atoms with Gasteiger partial charge in [-0.25, -0.2) is 13.2 Å². The highest BCUT2D eigenvalue weighted by atomic mass is 31.2. The number of hydrogen-bond donors (Lipinski definition) is 1. The number of rotatable bonds is 6. The molecule has 4 nitrogen and oxygen atoms in total. The van der Waals surface area contributed by atoms with Gasteiger partial charge in [0.1, 0.15) is 11.6 Å². The quantitative estimate of drug-likeness (QED) is 0.646. The van der Waals surface area contributed by atoms with Gasteiger partial charge in [-0.1, -0.05) is 0 Å². The second kappa shape index (κ2) is 6.52. The summed E-state index contributed by atoms with van der Waals surface area (Å²) in [5.41, 5.74) is 4.71. The molecule has 0 aliphatic heterocycles. The third-order valence-corrected chi connectivity index (χ3v) is 4.51. The van der Waals surface area contributed by atoms with E-state index < -0.39 is 36.4 Å². The van der Waals surface area contributed by atoms with Gasteiger partial charge in [-0.15, -0.1) is 0 Å². The molecular formula is C11H15F3NO3P. The summed E-state index contributed by atoms with van der Waals surface area (Å²) in [5, 5.41) is 0. The Morgan fingerprint density at radius 3 is 2.11 bits per heavy atom. The molecule has 1 aromatic rings. The van der Waals surface area contributed by atoms with Crippen LogP contribution < -0.4 is 5.73 Å². The zero-order valence-corrected chi connectivity index (χ0v) is 11.4. The second-order valence-electron chi connectivity index (χ2n) is 3.58. The van der Waals surface area contributed by atoms with E-state index in [9.17, 15) is 17.7 Å². The molecule has 2 N–H and O–H groups in total. The molecule has 0 aliphatic carbocycles. The average Bonchev–Trinajstić information content (AvgIpc) is 2.35. The van der Waals surface area contributed by atoms with Crippen molar-refractivity contribution >= 4 is 7.60 Å². The predicted molar refractivity (Wildman–Crippen MR) is 64.1 cm³/mol. The lowest BCUT2D eigenvalue weighted by atomic mass is 10.2. The minimum absolute atomic E-state index is 0.0243. The number of nitrogens with two attached hydrogens (primary N) is 1. The van der Waals surface area contributed by atoms with Crippen LogP contribution >= 0.6 is 7.60 Å². The molecule has 1 rings (SSSR count). The van der Waals surface area contributed by atoms with Gasteiger partial charge in [-0.2, -0.15) is 0 Å². The van der Waals surface area contributed by atoms with Gasteiger partial charge in [0.25, 0.3) is 0 Å². The van der Waals surface area contributed by atoms with E-state index in [1.807, 2.05) is 0 Å². The third kappa shape index (κ3) is 3.36. The molecule has 0 heterocycles. The van der Waals surface area contributed by atoms with Crippen LogP contribution in [0.15, 0.2) is 12.1 Å². The second-order valence-corrected chi connectivity index (χ2v) is 5.73. The SMILES string of the molecule is CCOP(=O)(OCC)[C@@H](N)c1c(F)ccc(F)c1F. The van der Waals surface area contributed by atoms with Crippen LogP contribution in [0.2, 0.25) is 0 Å². The van der Waals surface area contributed by atoms with Crippen molar-refractivity contribution in [3.63, 3.8) is 0 Å². The highest BCUT2D eigenvalue weighted by Gasteiger charge is 2.38.